The number of aromatic nitrogens is 1. The van der Waals surface area contributed by atoms with Crippen LogP contribution in [-0.2, 0) is 6.54 Å². The molecule has 0 saturated heterocycles. The fraction of sp³-hybridized carbons (Fsp3) is 0.154. The van der Waals surface area contributed by atoms with Crippen LogP contribution in [0.15, 0.2) is 42.6 Å². The number of halogens is 1. The van der Waals surface area contributed by atoms with Gasteiger partial charge in [-0.2, -0.15) is 0 Å². The lowest BCUT2D eigenvalue weighted by Crippen LogP contribution is -2.18. The van der Waals surface area contributed by atoms with Crippen LogP contribution in [0, 0.1) is 3.57 Å². The molecule has 1 aromatic heterocycles. The van der Waals surface area contributed by atoms with E-state index in [-0.39, 0.29) is 0 Å². The van der Waals surface area contributed by atoms with Gasteiger partial charge in [0.15, 0.2) is 0 Å². The minimum atomic E-state index is 0.756. The fourth-order valence-corrected chi connectivity index (χ4v) is 2.21. The minimum Gasteiger partial charge on any atom is -0.397 e. The Morgan fingerprint density at radius 2 is 2.12 bits per heavy atom. The van der Waals surface area contributed by atoms with Crippen molar-refractivity contribution in [1.29, 1.82) is 0 Å². The molecule has 2 rings (SSSR count). The van der Waals surface area contributed by atoms with Crippen molar-refractivity contribution in [1.82, 2.24) is 4.98 Å². The molecule has 0 bridgehead atoms. The summed E-state index contributed by atoms with van der Waals surface area (Å²) in [7, 11) is 2.02. The van der Waals surface area contributed by atoms with Gasteiger partial charge in [-0.3, -0.25) is 4.98 Å². The maximum atomic E-state index is 6.01. The van der Waals surface area contributed by atoms with E-state index >= 15 is 0 Å². The van der Waals surface area contributed by atoms with Gasteiger partial charge in [-0.1, -0.05) is 6.07 Å². The van der Waals surface area contributed by atoms with Crippen molar-refractivity contribution >= 4 is 34.0 Å². The first-order valence-corrected chi connectivity index (χ1v) is 6.41. The third-order valence-electron chi connectivity index (χ3n) is 2.53. The SMILES string of the molecule is CN(Cc1ccccn1)c1ccc(I)cc1N. The number of pyridine rings is 1. The second kappa shape index (κ2) is 5.35. The van der Waals surface area contributed by atoms with Gasteiger partial charge in [-0.05, 0) is 52.9 Å². The molecule has 0 aliphatic carbocycles. The second-order valence-corrected chi connectivity index (χ2v) is 5.13. The van der Waals surface area contributed by atoms with Gasteiger partial charge in [0.2, 0.25) is 0 Å². The van der Waals surface area contributed by atoms with Crippen LogP contribution in [0.1, 0.15) is 5.69 Å². The maximum Gasteiger partial charge on any atom is 0.0601 e. The number of nitrogens with two attached hydrogens (primary N) is 1. The Morgan fingerprint density at radius 1 is 1.29 bits per heavy atom. The summed E-state index contributed by atoms with van der Waals surface area (Å²) in [6, 6.07) is 12.0. The van der Waals surface area contributed by atoms with Crippen LogP contribution in [0.4, 0.5) is 11.4 Å². The lowest BCUT2D eigenvalue weighted by Gasteiger charge is -2.20. The van der Waals surface area contributed by atoms with Crippen molar-refractivity contribution < 1.29 is 0 Å². The summed E-state index contributed by atoms with van der Waals surface area (Å²) in [4.78, 5) is 6.41. The van der Waals surface area contributed by atoms with Gasteiger partial charge in [-0.15, -0.1) is 0 Å². The lowest BCUT2D eigenvalue weighted by atomic mass is 10.2. The summed E-state index contributed by atoms with van der Waals surface area (Å²) in [5, 5.41) is 0. The van der Waals surface area contributed by atoms with Gasteiger partial charge in [0.1, 0.15) is 0 Å². The Hall–Kier alpha value is -1.30. The number of nitrogens with zero attached hydrogens (tertiary/aromatic N) is 2. The molecule has 0 atom stereocenters. The van der Waals surface area contributed by atoms with E-state index in [1.54, 1.807) is 6.20 Å². The van der Waals surface area contributed by atoms with Crippen molar-refractivity contribution in [3.63, 3.8) is 0 Å². The quantitative estimate of drug-likeness (QED) is 0.691. The number of anilines is 2. The molecule has 0 spiro atoms. The van der Waals surface area contributed by atoms with E-state index in [0.717, 1.165) is 27.2 Å². The van der Waals surface area contributed by atoms with E-state index in [4.69, 9.17) is 5.73 Å². The molecule has 17 heavy (non-hydrogen) atoms. The molecule has 0 amide bonds. The highest BCUT2D eigenvalue weighted by Crippen LogP contribution is 2.24. The Morgan fingerprint density at radius 3 is 2.76 bits per heavy atom. The van der Waals surface area contributed by atoms with Crippen LogP contribution in [-0.4, -0.2) is 12.0 Å². The highest BCUT2D eigenvalue weighted by atomic mass is 127. The molecule has 0 unspecified atom stereocenters. The summed E-state index contributed by atoms with van der Waals surface area (Å²) in [6.07, 6.45) is 1.81. The molecule has 2 aromatic rings. The fourth-order valence-electron chi connectivity index (χ4n) is 1.69. The highest BCUT2D eigenvalue weighted by molar-refractivity contribution is 14.1. The number of hydrogen-bond acceptors (Lipinski definition) is 3. The summed E-state index contributed by atoms with van der Waals surface area (Å²) < 4.78 is 1.15. The van der Waals surface area contributed by atoms with E-state index in [1.165, 1.54) is 0 Å². The molecule has 4 heteroatoms. The van der Waals surface area contributed by atoms with Gasteiger partial charge in [0.05, 0.1) is 23.6 Å². The Labute approximate surface area is 115 Å². The predicted molar refractivity (Wildman–Crippen MR) is 79.9 cm³/mol. The summed E-state index contributed by atoms with van der Waals surface area (Å²) >= 11 is 2.26. The molecule has 0 fully saturated rings. The lowest BCUT2D eigenvalue weighted by molar-refractivity contribution is 0.886. The summed E-state index contributed by atoms with van der Waals surface area (Å²) in [6.45, 7) is 0.756. The third kappa shape index (κ3) is 3.09. The number of hydrogen-bond donors (Lipinski definition) is 1. The molecule has 1 aromatic carbocycles. The van der Waals surface area contributed by atoms with E-state index in [9.17, 15) is 0 Å². The van der Waals surface area contributed by atoms with Gasteiger partial charge < -0.3 is 10.6 Å². The molecule has 88 valence electrons. The Kier molecular flexibility index (Phi) is 3.83. The molecule has 2 N–H and O–H groups in total. The van der Waals surface area contributed by atoms with Crippen molar-refractivity contribution in [2.75, 3.05) is 17.7 Å². The van der Waals surface area contributed by atoms with Crippen LogP contribution < -0.4 is 10.6 Å². The van der Waals surface area contributed by atoms with E-state index in [2.05, 4.69) is 38.5 Å². The molecule has 0 aliphatic heterocycles. The number of nitrogen functional groups attached to an aromatic ring is 1. The Balaban J connectivity index is 2.17. The van der Waals surface area contributed by atoms with Crippen molar-refractivity contribution in [2.45, 2.75) is 6.54 Å². The molecular weight excluding hydrogens is 325 g/mol. The van der Waals surface area contributed by atoms with Crippen LogP contribution >= 0.6 is 22.6 Å². The first kappa shape index (κ1) is 12.2. The van der Waals surface area contributed by atoms with Crippen molar-refractivity contribution in [2.24, 2.45) is 0 Å². The number of rotatable bonds is 3. The minimum absolute atomic E-state index is 0.756. The van der Waals surface area contributed by atoms with E-state index in [1.807, 2.05) is 37.4 Å². The third-order valence-corrected chi connectivity index (χ3v) is 3.20. The van der Waals surface area contributed by atoms with Crippen LogP contribution in [0.2, 0.25) is 0 Å². The highest BCUT2D eigenvalue weighted by Gasteiger charge is 2.06. The normalized spacial score (nSPS) is 10.2. The first-order valence-electron chi connectivity index (χ1n) is 5.33. The molecule has 0 aliphatic rings. The van der Waals surface area contributed by atoms with Gasteiger partial charge >= 0.3 is 0 Å². The zero-order chi connectivity index (χ0) is 12.3. The van der Waals surface area contributed by atoms with E-state index in [0.29, 0.717) is 0 Å². The van der Waals surface area contributed by atoms with Crippen LogP contribution in [0.3, 0.4) is 0 Å². The van der Waals surface area contributed by atoms with Gasteiger partial charge in [0.25, 0.3) is 0 Å². The zero-order valence-electron chi connectivity index (χ0n) is 9.60. The zero-order valence-corrected chi connectivity index (χ0v) is 11.8. The monoisotopic (exact) mass is 339 g/mol. The standard InChI is InChI=1S/C13H14IN3/c1-17(9-11-4-2-3-7-16-11)13-6-5-10(14)8-12(13)15/h2-8H,9,15H2,1H3. The smallest absolute Gasteiger partial charge is 0.0601 e. The van der Waals surface area contributed by atoms with Crippen molar-refractivity contribution in [3.05, 3.63) is 51.9 Å². The van der Waals surface area contributed by atoms with Gasteiger partial charge in [-0.25, -0.2) is 0 Å². The molecular formula is C13H14IN3. The van der Waals surface area contributed by atoms with E-state index < -0.39 is 0 Å². The molecule has 0 saturated carbocycles. The summed E-state index contributed by atoms with van der Waals surface area (Å²) in [5.74, 6) is 0. The van der Waals surface area contributed by atoms with Crippen LogP contribution in [0.25, 0.3) is 0 Å². The largest absolute Gasteiger partial charge is 0.397 e. The topological polar surface area (TPSA) is 42.2 Å². The maximum absolute atomic E-state index is 6.01. The molecule has 1 heterocycles. The van der Waals surface area contributed by atoms with Gasteiger partial charge in [0, 0.05) is 16.8 Å². The first-order chi connectivity index (χ1) is 8.16. The molecule has 3 nitrogen and oxygen atoms in total. The van der Waals surface area contributed by atoms with Crippen molar-refractivity contribution in [3.8, 4) is 0 Å². The average molecular weight is 339 g/mol. The Bertz CT molecular complexity index is 499. The second-order valence-electron chi connectivity index (χ2n) is 3.88. The van der Waals surface area contributed by atoms with Crippen LogP contribution in [0.5, 0.6) is 0 Å². The average Bonchev–Trinajstić information content (AvgIpc) is 2.30. The summed E-state index contributed by atoms with van der Waals surface area (Å²) in [5.41, 5.74) is 8.88. The molecule has 0 radical (unpaired) electrons. The predicted octanol–water partition coefficient (Wildman–Crippen LogP) is 2.90. The number of benzene rings is 1.